The number of rotatable bonds is 3. The zero-order valence-corrected chi connectivity index (χ0v) is 10.0. The summed E-state index contributed by atoms with van der Waals surface area (Å²) in [6, 6.07) is 4.85. The number of nitrogens with one attached hydrogen (secondary N) is 1. The second-order valence-electron chi connectivity index (χ2n) is 3.63. The van der Waals surface area contributed by atoms with Gasteiger partial charge in [-0.1, -0.05) is 12.1 Å². The molecule has 98 valence electrons. The highest BCUT2D eigenvalue weighted by Crippen LogP contribution is 2.28. The van der Waals surface area contributed by atoms with Crippen molar-refractivity contribution in [3.05, 3.63) is 41.7 Å². The van der Waals surface area contributed by atoms with Crippen LogP contribution in [0.2, 0.25) is 0 Å². The molecule has 19 heavy (non-hydrogen) atoms. The molecule has 1 saturated heterocycles. The minimum absolute atomic E-state index is 0.0434. The quantitative estimate of drug-likeness (QED) is 0.806. The number of hydrogen-bond acceptors (Lipinski definition) is 5. The van der Waals surface area contributed by atoms with Gasteiger partial charge in [0.05, 0.1) is 12.7 Å². The average molecular weight is 261 g/mol. The second-order valence-corrected chi connectivity index (χ2v) is 3.63. The molecule has 6 heteroatoms. The van der Waals surface area contributed by atoms with E-state index < -0.39 is 12.0 Å². The Kier molecular flexibility index (Phi) is 3.51. The summed E-state index contributed by atoms with van der Waals surface area (Å²) < 4.78 is 9.71. The number of phenols is 1. The number of carbonyl (C=O) groups excluding carboxylic acids is 2. The Labute approximate surface area is 108 Å². The number of methoxy groups -OCH3 is 1. The molecule has 2 amide bonds. The van der Waals surface area contributed by atoms with Gasteiger partial charge in [0, 0.05) is 0 Å². The van der Waals surface area contributed by atoms with E-state index in [0.717, 1.165) is 0 Å². The Hall–Kier alpha value is -2.76. The Morgan fingerprint density at radius 3 is 2.79 bits per heavy atom. The molecule has 0 spiro atoms. The average Bonchev–Trinajstić information content (AvgIpc) is 2.70. The van der Waals surface area contributed by atoms with Gasteiger partial charge in [0.15, 0.2) is 5.76 Å². The Bertz CT molecular complexity index is 589. The first-order valence-corrected chi connectivity index (χ1v) is 5.39. The smallest absolute Gasteiger partial charge is 0.419 e. The van der Waals surface area contributed by atoms with E-state index in [0.29, 0.717) is 11.3 Å². The molecule has 2 rings (SSSR count). The van der Waals surface area contributed by atoms with Gasteiger partial charge < -0.3 is 14.6 Å². The maximum atomic E-state index is 11.2. The third-order valence-electron chi connectivity index (χ3n) is 2.42. The van der Waals surface area contributed by atoms with Crippen molar-refractivity contribution < 1.29 is 24.2 Å². The number of amides is 2. The summed E-state index contributed by atoms with van der Waals surface area (Å²) in [7, 11) is 1.48. The first-order chi connectivity index (χ1) is 9.11. The zero-order chi connectivity index (χ0) is 13.8. The summed E-state index contributed by atoms with van der Waals surface area (Å²) in [5.74, 6) is -0.168. The van der Waals surface area contributed by atoms with E-state index in [1.807, 2.05) is 5.32 Å². The molecule has 0 aromatic heterocycles. The van der Waals surface area contributed by atoms with Gasteiger partial charge in [-0.15, -0.1) is 0 Å². The van der Waals surface area contributed by atoms with Crippen molar-refractivity contribution in [2.75, 3.05) is 7.11 Å². The van der Waals surface area contributed by atoms with E-state index in [-0.39, 0.29) is 11.5 Å². The third-order valence-corrected chi connectivity index (χ3v) is 2.42. The molecule has 1 aliphatic rings. The van der Waals surface area contributed by atoms with E-state index in [2.05, 4.69) is 4.74 Å². The first kappa shape index (κ1) is 12.7. The van der Waals surface area contributed by atoms with Gasteiger partial charge in [-0.25, -0.2) is 4.79 Å². The van der Waals surface area contributed by atoms with Crippen LogP contribution < -0.4 is 10.1 Å². The number of aromatic hydroxyl groups is 1. The van der Waals surface area contributed by atoms with Gasteiger partial charge in [-0.05, 0) is 24.3 Å². The lowest BCUT2D eigenvalue weighted by Gasteiger charge is -2.05. The number of ether oxygens (including phenoxy) is 2. The van der Waals surface area contributed by atoms with Gasteiger partial charge in [0.1, 0.15) is 11.5 Å². The molecule has 1 aromatic carbocycles. The number of imide groups is 1. The number of carbonyl (C=O) groups is 2. The lowest BCUT2D eigenvalue weighted by Crippen LogP contribution is -2.18. The Morgan fingerprint density at radius 1 is 1.37 bits per heavy atom. The van der Waals surface area contributed by atoms with Crippen molar-refractivity contribution in [3.63, 3.8) is 0 Å². The molecule has 0 atom stereocenters. The topological polar surface area (TPSA) is 84.9 Å². The van der Waals surface area contributed by atoms with Crippen LogP contribution in [0, 0.1) is 0 Å². The molecular weight excluding hydrogens is 250 g/mol. The molecule has 1 aliphatic heterocycles. The van der Waals surface area contributed by atoms with Crippen molar-refractivity contribution in [1.29, 1.82) is 0 Å². The molecule has 1 fully saturated rings. The standard InChI is InChI=1S/C13H11NO5/c1-18-10-6-3-5-9(15)8(10)4-2-7-11-12(16)14-13(17)19-11/h2-7,15H,1H3,(H,14,16,17). The summed E-state index contributed by atoms with van der Waals surface area (Å²) in [6.45, 7) is 0. The van der Waals surface area contributed by atoms with Crippen molar-refractivity contribution in [1.82, 2.24) is 5.32 Å². The van der Waals surface area contributed by atoms with Crippen molar-refractivity contribution in [2.24, 2.45) is 0 Å². The summed E-state index contributed by atoms with van der Waals surface area (Å²) in [4.78, 5) is 22.0. The molecule has 1 aromatic rings. The van der Waals surface area contributed by atoms with Gasteiger partial charge in [-0.3, -0.25) is 10.1 Å². The highest BCUT2D eigenvalue weighted by atomic mass is 16.6. The van der Waals surface area contributed by atoms with Crippen LogP contribution in [0.15, 0.2) is 36.1 Å². The summed E-state index contributed by atoms with van der Waals surface area (Å²) >= 11 is 0. The SMILES string of the molecule is COc1cccc(O)c1C=CC=C1OC(=O)NC1=O. The number of allylic oxidation sites excluding steroid dienone is 2. The number of phenolic OH excluding ortho intramolecular Hbond substituents is 1. The number of hydrogen-bond donors (Lipinski definition) is 2. The van der Waals surface area contributed by atoms with Crippen LogP contribution >= 0.6 is 0 Å². The van der Waals surface area contributed by atoms with Crippen molar-refractivity contribution in [3.8, 4) is 11.5 Å². The Balaban J connectivity index is 2.22. The Morgan fingerprint density at radius 2 is 2.16 bits per heavy atom. The molecule has 0 saturated carbocycles. The molecule has 0 radical (unpaired) electrons. The first-order valence-electron chi connectivity index (χ1n) is 5.39. The minimum atomic E-state index is -0.801. The van der Waals surface area contributed by atoms with Gasteiger partial charge >= 0.3 is 6.09 Å². The van der Waals surface area contributed by atoms with Crippen LogP contribution in [0.1, 0.15) is 5.56 Å². The van der Waals surface area contributed by atoms with E-state index in [9.17, 15) is 14.7 Å². The maximum absolute atomic E-state index is 11.2. The predicted octanol–water partition coefficient (Wildman–Crippen LogP) is 1.56. The van der Waals surface area contributed by atoms with Crippen LogP contribution in [-0.4, -0.2) is 24.2 Å². The van der Waals surface area contributed by atoms with E-state index in [1.54, 1.807) is 18.2 Å². The molecule has 0 unspecified atom stereocenters. The van der Waals surface area contributed by atoms with Gasteiger partial charge in [0.25, 0.3) is 5.91 Å². The van der Waals surface area contributed by atoms with Crippen molar-refractivity contribution >= 4 is 18.1 Å². The van der Waals surface area contributed by atoms with E-state index in [1.165, 1.54) is 25.3 Å². The lowest BCUT2D eigenvalue weighted by molar-refractivity contribution is -0.116. The molecule has 2 N–H and O–H groups in total. The number of alkyl carbamates (subject to hydrolysis) is 1. The van der Waals surface area contributed by atoms with E-state index in [4.69, 9.17) is 4.74 Å². The summed E-state index contributed by atoms with van der Waals surface area (Å²) in [5.41, 5.74) is 0.464. The normalized spacial score (nSPS) is 16.8. The molecule has 0 aliphatic carbocycles. The molecular formula is C13H11NO5. The minimum Gasteiger partial charge on any atom is -0.507 e. The summed E-state index contributed by atoms with van der Waals surface area (Å²) in [5, 5.41) is 11.7. The monoisotopic (exact) mass is 261 g/mol. The van der Waals surface area contributed by atoms with Crippen LogP contribution in [0.5, 0.6) is 11.5 Å². The fraction of sp³-hybridized carbons (Fsp3) is 0.0769. The number of cyclic esters (lactones) is 1. The fourth-order valence-corrected chi connectivity index (χ4v) is 1.55. The summed E-state index contributed by atoms with van der Waals surface area (Å²) in [6.07, 6.45) is 3.54. The highest BCUT2D eigenvalue weighted by Gasteiger charge is 2.25. The number of benzene rings is 1. The molecule has 6 nitrogen and oxygen atoms in total. The van der Waals surface area contributed by atoms with Crippen LogP contribution in [0.25, 0.3) is 6.08 Å². The molecule has 1 heterocycles. The van der Waals surface area contributed by atoms with E-state index >= 15 is 0 Å². The van der Waals surface area contributed by atoms with Crippen LogP contribution in [0.3, 0.4) is 0 Å². The third kappa shape index (κ3) is 2.74. The molecule has 0 bridgehead atoms. The predicted molar refractivity (Wildman–Crippen MR) is 66.4 cm³/mol. The van der Waals surface area contributed by atoms with Gasteiger partial charge in [0.2, 0.25) is 0 Å². The van der Waals surface area contributed by atoms with Crippen molar-refractivity contribution in [2.45, 2.75) is 0 Å². The lowest BCUT2D eigenvalue weighted by atomic mass is 10.1. The van der Waals surface area contributed by atoms with Crippen LogP contribution in [0.4, 0.5) is 4.79 Å². The largest absolute Gasteiger partial charge is 0.507 e. The second kappa shape index (κ2) is 5.26. The zero-order valence-electron chi connectivity index (χ0n) is 10.0. The maximum Gasteiger partial charge on any atom is 0.419 e. The highest BCUT2D eigenvalue weighted by molar-refractivity contribution is 6.07. The van der Waals surface area contributed by atoms with Gasteiger partial charge in [-0.2, -0.15) is 0 Å². The van der Waals surface area contributed by atoms with Crippen LogP contribution in [-0.2, 0) is 9.53 Å². The fourth-order valence-electron chi connectivity index (χ4n) is 1.55.